The Morgan fingerprint density at radius 3 is 1.61 bits per heavy atom. The van der Waals surface area contributed by atoms with Crippen LogP contribution in [0.25, 0.3) is 93.2 Å². The lowest BCUT2D eigenvalue weighted by Gasteiger charge is -2.27. The first kappa shape index (κ1) is 33.3. The molecule has 3 nitrogen and oxygen atoms in total. The minimum Gasteiger partial charge on any atom is -0.455 e. The van der Waals surface area contributed by atoms with Crippen molar-refractivity contribution < 1.29 is 4.42 Å². The van der Waals surface area contributed by atoms with Crippen molar-refractivity contribution in [3.05, 3.63) is 218 Å². The molecule has 0 atom stereocenters. The summed E-state index contributed by atoms with van der Waals surface area (Å²) < 4.78 is 8.99. The minimum absolute atomic E-state index is 0.888. The van der Waals surface area contributed by atoms with Gasteiger partial charge in [0.1, 0.15) is 11.2 Å². The summed E-state index contributed by atoms with van der Waals surface area (Å²) in [5, 5.41) is 9.54. The third kappa shape index (κ3) is 5.36. The SMILES string of the molecule is c1cc(-c2cccc3ccccc23)cc(N(c2ccc(-n3c4ccccc4c4ccccc43)cc2)c2cccc(-c3cccc4oc5c6ccccc6ccc5c34)c2)c1. The highest BCUT2D eigenvalue weighted by molar-refractivity contribution is 6.19. The molecule has 0 aliphatic heterocycles. The Hall–Kier alpha value is -7.88. The molecule has 0 unspecified atom stereocenters. The standard InChI is InChI=1S/C56H36N2O/c1-3-20-45-37(13-1)15-11-24-46(45)39-16-9-18-43(35-39)57(41-30-32-42(33-31-41)58-52-26-7-5-22-49(52)50-23-6-8-27-53(50)58)44-19-10-17-40(36-44)47-25-12-28-54-55(47)51-34-29-38-14-2-4-21-48(38)56(51)59-54/h1-36H. The zero-order valence-electron chi connectivity index (χ0n) is 32.1. The molecule has 0 bridgehead atoms. The van der Waals surface area contributed by atoms with Crippen molar-refractivity contribution in [2.75, 3.05) is 4.90 Å². The van der Waals surface area contributed by atoms with Crippen molar-refractivity contribution in [2.24, 2.45) is 0 Å². The molecule has 0 radical (unpaired) electrons. The topological polar surface area (TPSA) is 21.3 Å². The van der Waals surface area contributed by atoms with Crippen molar-refractivity contribution in [2.45, 2.75) is 0 Å². The molecule has 0 aliphatic rings. The van der Waals surface area contributed by atoms with Gasteiger partial charge in [-0.15, -0.1) is 0 Å². The van der Waals surface area contributed by atoms with Crippen LogP contribution in [0.2, 0.25) is 0 Å². The summed E-state index contributed by atoms with van der Waals surface area (Å²) in [6.07, 6.45) is 0. The molecule has 10 aromatic carbocycles. The first-order valence-corrected chi connectivity index (χ1v) is 20.2. The molecule has 2 aromatic heterocycles. The van der Waals surface area contributed by atoms with Gasteiger partial charge in [0.05, 0.1) is 11.0 Å². The van der Waals surface area contributed by atoms with Crippen LogP contribution in [0.5, 0.6) is 0 Å². The maximum atomic E-state index is 6.61. The van der Waals surface area contributed by atoms with E-state index in [-0.39, 0.29) is 0 Å². The van der Waals surface area contributed by atoms with E-state index >= 15 is 0 Å². The van der Waals surface area contributed by atoms with Gasteiger partial charge in [0, 0.05) is 49.7 Å². The average molecular weight is 753 g/mol. The summed E-state index contributed by atoms with van der Waals surface area (Å²) in [5.41, 5.74) is 13.2. The fourth-order valence-electron chi connectivity index (χ4n) is 9.30. The lowest BCUT2D eigenvalue weighted by molar-refractivity contribution is 0.673. The van der Waals surface area contributed by atoms with E-state index in [0.29, 0.717) is 0 Å². The number of fused-ring (bicyclic) bond motifs is 9. The van der Waals surface area contributed by atoms with Gasteiger partial charge < -0.3 is 13.9 Å². The Morgan fingerprint density at radius 2 is 0.898 bits per heavy atom. The van der Waals surface area contributed by atoms with Gasteiger partial charge in [-0.2, -0.15) is 0 Å². The maximum absolute atomic E-state index is 6.61. The number of nitrogens with zero attached hydrogens (tertiary/aromatic N) is 2. The van der Waals surface area contributed by atoms with Crippen LogP contribution < -0.4 is 4.90 Å². The predicted octanol–water partition coefficient (Wildman–Crippen LogP) is 15.8. The van der Waals surface area contributed by atoms with Crippen LogP contribution in [0.15, 0.2) is 223 Å². The van der Waals surface area contributed by atoms with E-state index in [9.17, 15) is 0 Å². The molecule has 0 N–H and O–H groups in total. The van der Waals surface area contributed by atoms with Crippen LogP contribution in [0.1, 0.15) is 0 Å². The Balaban J connectivity index is 1.04. The molecular formula is C56H36N2O. The fourth-order valence-corrected chi connectivity index (χ4v) is 9.30. The quantitative estimate of drug-likeness (QED) is 0.169. The number of furan rings is 1. The van der Waals surface area contributed by atoms with Crippen molar-refractivity contribution >= 4 is 82.4 Å². The summed E-state index contributed by atoms with van der Waals surface area (Å²) in [6, 6.07) is 78.7. The molecule has 276 valence electrons. The molecule has 0 saturated heterocycles. The summed E-state index contributed by atoms with van der Waals surface area (Å²) in [5.74, 6) is 0. The smallest absolute Gasteiger partial charge is 0.143 e. The molecule has 3 heteroatoms. The highest BCUT2D eigenvalue weighted by Crippen LogP contribution is 2.43. The Morgan fingerprint density at radius 1 is 0.356 bits per heavy atom. The Bertz CT molecular complexity index is 3510. The zero-order valence-corrected chi connectivity index (χ0v) is 32.1. The van der Waals surface area contributed by atoms with E-state index in [4.69, 9.17) is 4.42 Å². The maximum Gasteiger partial charge on any atom is 0.143 e. The highest BCUT2D eigenvalue weighted by atomic mass is 16.3. The lowest BCUT2D eigenvalue weighted by atomic mass is 9.97. The average Bonchev–Trinajstić information content (AvgIpc) is 3.86. The van der Waals surface area contributed by atoms with Gasteiger partial charge in [-0.3, -0.25) is 0 Å². The van der Waals surface area contributed by atoms with Crippen LogP contribution in [0.3, 0.4) is 0 Å². The fraction of sp³-hybridized carbons (Fsp3) is 0. The van der Waals surface area contributed by atoms with Gasteiger partial charge in [0.2, 0.25) is 0 Å². The van der Waals surface area contributed by atoms with Crippen molar-refractivity contribution in [3.63, 3.8) is 0 Å². The van der Waals surface area contributed by atoms with Crippen LogP contribution in [0, 0.1) is 0 Å². The summed E-state index contributed by atoms with van der Waals surface area (Å²) in [4.78, 5) is 2.38. The number of benzene rings is 10. The summed E-state index contributed by atoms with van der Waals surface area (Å²) >= 11 is 0. The van der Waals surface area contributed by atoms with Gasteiger partial charge in [-0.1, -0.05) is 146 Å². The second-order valence-corrected chi connectivity index (χ2v) is 15.3. The van der Waals surface area contributed by atoms with Gasteiger partial charge in [0.15, 0.2) is 0 Å². The largest absolute Gasteiger partial charge is 0.455 e. The van der Waals surface area contributed by atoms with Crippen LogP contribution in [-0.4, -0.2) is 4.57 Å². The van der Waals surface area contributed by atoms with Gasteiger partial charge in [-0.05, 0) is 111 Å². The Kier molecular flexibility index (Phi) is 7.54. The minimum atomic E-state index is 0.888. The second-order valence-electron chi connectivity index (χ2n) is 15.3. The first-order chi connectivity index (χ1) is 29.3. The second kappa shape index (κ2) is 13.4. The third-order valence-electron chi connectivity index (χ3n) is 12.0. The Labute approximate surface area is 341 Å². The van der Waals surface area contributed by atoms with Gasteiger partial charge in [-0.25, -0.2) is 0 Å². The molecular weight excluding hydrogens is 717 g/mol. The molecule has 0 spiro atoms. The molecule has 0 fully saturated rings. The molecule has 0 aliphatic carbocycles. The van der Waals surface area contributed by atoms with Crippen molar-refractivity contribution in [1.82, 2.24) is 4.57 Å². The highest BCUT2D eigenvalue weighted by Gasteiger charge is 2.19. The summed E-state index contributed by atoms with van der Waals surface area (Å²) in [6.45, 7) is 0. The molecule has 2 heterocycles. The molecule has 59 heavy (non-hydrogen) atoms. The van der Waals surface area contributed by atoms with Crippen LogP contribution >= 0.6 is 0 Å². The van der Waals surface area contributed by atoms with Gasteiger partial charge in [0.25, 0.3) is 0 Å². The number of anilines is 3. The predicted molar refractivity (Wildman–Crippen MR) is 249 cm³/mol. The van der Waals surface area contributed by atoms with Crippen molar-refractivity contribution in [1.29, 1.82) is 0 Å². The van der Waals surface area contributed by atoms with E-state index in [0.717, 1.165) is 61.2 Å². The van der Waals surface area contributed by atoms with E-state index in [1.54, 1.807) is 0 Å². The zero-order chi connectivity index (χ0) is 38.9. The number of hydrogen-bond acceptors (Lipinski definition) is 2. The molecule has 12 aromatic rings. The lowest BCUT2D eigenvalue weighted by Crippen LogP contribution is -2.10. The van der Waals surface area contributed by atoms with E-state index in [1.165, 1.54) is 49.1 Å². The van der Waals surface area contributed by atoms with Crippen LogP contribution in [0.4, 0.5) is 17.1 Å². The number of rotatable bonds is 6. The molecule has 12 rings (SSSR count). The molecule has 0 saturated carbocycles. The first-order valence-electron chi connectivity index (χ1n) is 20.2. The van der Waals surface area contributed by atoms with Crippen molar-refractivity contribution in [3.8, 4) is 27.9 Å². The van der Waals surface area contributed by atoms with Crippen LogP contribution in [-0.2, 0) is 0 Å². The number of para-hydroxylation sites is 2. The van der Waals surface area contributed by atoms with E-state index in [2.05, 4.69) is 228 Å². The number of hydrogen-bond donors (Lipinski definition) is 0. The van der Waals surface area contributed by atoms with E-state index < -0.39 is 0 Å². The summed E-state index contributed by atoms with van der Waals surface area (Å²) in [7, 11) is 0. The number of aromatic nitrogens is 1. The third-order valence-corrected chi connectivity index (χ3v) is 12.0. The normalized spacial score (nSPS) is 11.7. The van der Waals surface area contributed by atoms with E-state index in [1.807, 2.05) is 0 Å². The van der Waals surface area contributed by atoms with Gasteiger partial charge >= 0.3 is 0 Å². The molecule has 0 amide bonds. The monoisotopic (exact) mass is 752 g/mol.